The van der Waals surface area contributed by atoms with Gasteiger partial charge in [-0.3, -0.25) is 4.79 Å². The van der Waals surface area contributed by atoms with Crippen molar-refractivity contribution in [3.8, 4) is 0 Å². The summed E-state index contributed by atoms with van der Waals surface area (Å²) in [6.45, 7) is 7.18. The molecule has 0 aliphatic carbocycles. The highest BCUT2D eigenvalue weighted by molar-refractivity contribution is 5.87. The summed E-state index contributed by atoms with van der Waals surface area (Å²) in [6.07, 6.45) is 5.68. The van der Waals surface area contributed by atoms with Crippen LogP contribution in [0, 0.1) is 5.41 Å². The van der Waals surface area contributed by atoms with Crippen molar-refractivity contribution in [1.82, 2.24) is 10.2 Å². The molecule has 0 bridgehead atoms. The van der Waals surface area contributed by atoms with E-state index in [0.29, 0.717) is 0 Å². The van der Waals surface area contributed by atoms with E-state index in [4.69, 9.17) is 0 Å². The summed E-state index contributed by atoms with van der Waals surface area (Å²) < 4.78 is 0. The van der Waals surface area contributed by atoms with Gasteiger partial charge in [0.15, 0.2) is 0 Å². The van der Waals surface area contributed by atoms with Crippen LogP contribution in [0.3, 0.4) is 0 Å². The number of likely N-dealkylation sites (tertiary alicyclic amines) is 1. The summed E-state index contributed by atoms with van der Waals surface area (Å²) in [5, 5.41) is 2.96. The Hall–Kier alpha value is -0.830. The van der Waals surface area contributed by atoms with Gasteiger partial charge >= 0.3 is 0 Å². The van der Waals surface area contributed by atoms with Gasteiger partial charge < -0.3 is 10.2 Å². The summed E-state index contributed by atoms with van der Waals surface area (Å²) in [5.74, 6) is 0.0256. The number of hydrogen-bond donors (Lipinski definition) is 1. The van der Waals surface area contributed by atoms with Crippen molar-refractivity contribution >= 4 is 5.91 Å². The van der Waals surface area contributed by atoms with Crippen LogP contribution in [0.4, 0.5) is 0 Å². The summed E-state index contributed by atoms with van der Waals surface area (Å²) in [6, 6.07) is 0. The number of nitrogens with zero attached hydrogens (tertiary/aromatic N) is 1. The molecule has 1 fully saturated rings. The molecule has 0 saturated carbocycles. The second-order valence-electron chi connectivity index (χ2n) is 4.83. The van der Waals surface area contributed by atoms with Crippen molar-refractivity contribution < 1.29 is 4.79 Å². The molecule has 1 aliphatic heterocycles. The van der Waals surface area contributed by atoms with Crippen molar-refractivity contribution in [2.24, 2.45) is 5.41 Å². The van der Waals surface area contributed by atoms with Crippen LogP contribution in [-0.4, -0.2) is 37.5 Å². The van der Waals surface area contributed by atoms with Gasteiger partial charge in [0.2, 0.25) is 5.91 Å². The summed E-state index contributed by atoms with van der Waals surface area (Å²) in [7, 11) is 2.15. The lowest BCUT2D eigenvalue weighted by molar-refractivity contribution is -0.117. The first-order valence-electron chi connectivity index (χ1n) is 5.65. The van der Waals surface area contributed by atoms with Gasteiger partial charge in [-0.1, -0.05) is 13.0 Å². The van der Waals surface area contributed by atoms with Crippen LogP contribution in [0.1, 0.15) is 26.7 Å². The topological polar surface area (TPSA) is 32.3 Å². The minimum absolute atomic E-state index is 0.0256. The molecule has 3 nitrogen and oxygen atoms in total. The lowest BCUT2D eigenvalue weighted by Gasteiger charge is -2.37. The molecular weight excluding hydrogens is 188 g/mol. The molecule has 1 rings (SSSR count). The van der Waals surface area contributed by atoms with Crippen LogP contribution in [-0.2, 0) is 4.79 Å². The van der Waals surface area contributed by atoms with E-state index in [1.165, 1.54) is 12.8 Å². The van der Waals surface area contributed by atoms with Crippen molar-refractivity contribution in [3.63, 3.8) is 0 Å². The molecule has 0 aromatic rings. The number of amides is 1. The molecule has 1 aliphatic rings. The first-order chi connectivity index (χ1) is 7.06. The number of hydrogen-bond acceptors (Lipinski definition) is 2. The van der Waals surface area contributed by atoms with Gasteiger partial charge in [-0.15, -0.1) is 0 Å². The van der Waals surface area contributed by atoms with Crippen molar-refractivity contribution in [2.75, 3.05) is 26.7 Å². The second kappa shape index (κ2) is 5.31. The van der Waals surface area contributed by atoms with Crippen LogP contribution < -0.4 is 5.32 Å². The number of nitrogens with one attached hydrogen (secondary N) is 1. The maximum absolute atomic E-state index is 11.3. The molecule has 1 N–H and O–H groups in total. The largest absolute Gasteiger partial charge is 0.352 e. The zero-order valence-corrected chi connectivity index (χ0v) is 10.0. The SMILES string of the molecule is C/C=C/C(=O)NCC1(C)CCN(C)CC1. The Labute approximate surface area is 92.5 Å². The number of rotatable bonds is 3. The molecule has 1 amide bonds. The second-order valence-corrected chi connectivity index (χ2v) is 4.83. The van der Waals surface area contributed by atoms with Crippen LogP contribution in [0.5, 0.6) is 0 Å². The Kier molecular flexibility index (Phi) is 4.33. The van der Waals surface area contributed by atoms with Crippen molar-refractivity contribution in [3.05, 3.63) is 12.2 Å². The fourth-order valence-electron chi connectivity index (χ4n) is 1.85. The van der Waals surface area contributed by atoms with E-state index in [0.717, 1.165) is 19.6 Å². The summed E-state index contributed by atoms with van der Waals surface area (Å²) in [4.78, 5) is 13.6. The monoisotopic (exact) mass is 210 g/mol. The predicted molar refractivity (Wildman–Crippen MR) is 62.7 cm³/mol. The Morgan fingerprint density at radius 2 is 2.07 bits per heavy atom. The fraction of sp³-hybridized carbons (Fsp3) is 0.750. The molecule has 0 aromatic carbocycles. The van der Waals surface area contributed by atoms with E-state index >= 15 is 0 Å². The van der Waals surface area contributed by atoms with Gasteiger partial charge in [0, 0.05) is 6.54 Å². The van der Waals surface area contributed by atoms with Gasteiger partial charge in [0.1, 0.15) is 0 Å². The molecule has 1 heterocycles. The first kappa shape index (κ1) is 12.2. The van der Waals surface area contributed by atoms with Gasteiger partial charge in [0.25, 0.3) is 0 Å². The van der Waals surface area contributed by atoms with Crippen LogP contribution >= 0.6 is 0 Å². The van der Waals surface area contributed by atoms with E-state index in [1.54, 1.807) is 12.2 Å². The molecule has 0 radical (unpaired) electrons. The highest BCUT2D eigenvalue weighted by Crippen LogP contribution is 2.29. The predicted octanol–water partition coefficient (Wildman–Crippen LogP) is 1.41. The fourth-order valence-corrected chi connectivity index (χ4v) is 1.85. The minimum atomic E-state index is 0.0256. The number of allylic oxidation sites excluding steroid dienone is 1. The maximum Gasteiger partial charge on any atom is 0.243 e. The molecular formula is C12H22N2O. The zero-order valence-electron chi connectivity index (χ0n) is 10.0. The van der Waals surface area contributed by atoms with Crippen LogP contribution in [0.25, 0.3) is 0 Å². The van der Waals surface area contributed by atoms with Gasteiger partial charge in [0.05, 0.1) is 0 Å². The maximum atomic E-state index is 11.3. The smallest absolute Gasteiger partial charge is 0.243 e. The van der Waals surface area contributed by atoms with Gasteiger partial charge in [-0.2, -0.15) is 0 Å². The molecule has 3 heteroatoms. The number of carbonyl (C=O) groups excluding carboxylic acids is 1. The molecule has 86 valence electrons. The number of piperidine rings is 1. The summed E-state index contributed by atoms with van der Waals surface area (Å²) >= 11 is 0. The Balaban J connectivity index is 2.34. The normalized spacial score (nSPS) is 21.8. The molecule has 15 heavy (non-hydrogen) atoms. The molecule has 1 saturated heterocycles. The standard InChI is InChI=1S/C12H22N2O/c1-4-5-11(15)13-10-12(2)6-8-14(3)9-7-12/h4-5H,6-10H2,1-3H3,(H,13,15)/b5-4+. The Bertz CT molecular complexity index is 240. The quantitative estimate of drug-likeness (QED) is 0.714. The lowest BCUT2D eigenvalue weighted by Crippen LogP contribution is -2.43. The third-order valence-corrected chi connectivity index (χ3v) is 3.20. The highest BCUT2D eigenvalue weighted by atomic mass is 16.1. The highest BCUT2D eigenvalue weighted by Gasteiger charge is 2.28. The zero-order chi connectivity index (χ0) is 11.3. The van der Waals surface area contributed by atoms with Crippen LogP contribution in [0.15, 0.2) is 12.2 Å². The van der Waals surface area contributed by atoms with E-state index in [-0.39, 0.29) is 11.3 Å². The minimum Gasteiger partial charge on any atom is -0.352 e. The van der Waals surface area contributed by atoms with E-state index in [1.807, 2.05) is 6.92 Å². The first-order valence-corrected chi connectivity index (χ1v) is 5.65. The third-order valence-electron chi connectivity index (χ3n) is 3.20. The average molecular weight is 210 g/mol. The molecule has 0 unspecified atom stereocenters. The Morgan fingerprint density at radius 1 is 1.47 bits per heavy atom. The van der Waals surface area contributed by atoms with Crippen LogP contribution in [0.2, 0.25) is 0 Å². The van der Waals surface area contributed by atoms with Gasteiger partial charge in [-0.05, 0) is 51.4 Å². The molecule has 0 spiro atoms. The Morgan fingerprint density at radius 3 is 2.60 bits per heavy atom. The van der Waals surface area contributed by atoms with E-state index < -0.39 is 0 Å². The van der Waals surface area contributed by atoms with Crippen molar-refractivity contribution in [2.45, 2.75) is 26.7 Å². The average Bonchev–Trinajstić information content (AvgIpc) is 2.21. The van der Waals surface area contributed by atoms with Crippen molar-refractivity contribution in [1.29, 1.82) is 0 Å². The molecule has 0 atom stereocenters. The number of carbonyl (C=O) groups is 1. The third kappa shape index (κ3) is 4.04. The van der Waals surface area contributed by atoms with Gasteiger partial charge in [-0.25, -0.2) is 0 Å². The summed E-state index contributed by atoms with van der Waals surface area (Å²) in [5.41, 5.74) is 0.281. The van der Waals surface area contributed by atoms with E-state index in [2.05, 4.69) is 24.2 Å². The molecule has 0 aromatic heterocycles. The lowest BCUT2D eigenvalue weighted by atomic mass is 9.80. The van der Waals surface area contributed by atoms with E-state index in [9.17, 15) is 4.79 Å².